The van der Waals surface area contributed by atoms with Crippen molar-refractivity contribution in [3.05, 3.63) is 46.0 Å². The number of hydrogen-bond donors (Lipinski definition) is 1. The Morgan fingerprint density at radius 1 is 1.11 bits per heavy atom. The van der Waals surface area contributed by atoms with Crippen LogP contribution in [0.1, 0.15) is 0 Å². The Morgan fingerprint density at radius 2 is 1.83 bits per heavy atom. The molecule has 2 aromatic carbocycles. The minimum atomic E-state index is 0.775. The van der Waals surface area contributed by atoms with E-state index < -0.39 is 0 Å². The molecule has 0 aromatic heterocycles. The predicted octanol–water partition coefficient (Wildman–Crippen LogP) is 3.65. The molecular weight excluding hydrogens is 339 g/mol. The first-order valence-corrected chi connectivity index (χ1v) is 6.63. The van der Waals surface area contributed by atoms with Crippen molar-refractivity contribution in [2.24, 2.45) is 0 Å². The molecule has 0 saturated carbocycles. The van der Waals surface area contributed by atoms with Crippen LogP contribution in [0.2, 0.25) is 0 Å². The van der Waals surface area contributed by atoms with Gasteiger partial charge >= 0.3 is 0 Å². The first-order chi connectivity index (χ1) is 8.63. The van der Waals surface area contributed by atoms with Gasteiger partial charge in [0.05, 0.1) is 18.5 Å². The Bertz CT molecular complexity index is 557. The van der Waals surface area contributed by atoms with Crippen molar-refractivity contribution in [1.82, 2.24) is 0 Å². The Morgan fingerprint density at radius 3 is 2.50 bits per heavy atom. The van der Waals surface area contributed by atoms with Crippen LogP contribution in [0, 0.1) is 3.57 Å². The summed E-state index contributed by atoms with van der Waals surface area (Å²) in [5, 5.41) is 0. The summed E-state index contributed by atoms with van der Waals surface area (Å²) in [6.07, 6.45) is 0. The van der Waals surface area contributed by atoms with Crippen LogP contribution >= 0.6 is 22.6 Å². The number of rotatable bonds is 3. The lowest BCUT2D eigenvalue weighted by Crippen LogP contribution is -2.12. The number of methoxy groups -OCH3 is 1. The molecule has 0 heterocycles. The van der Waals surface area contributed by atoms with E-state index in [1.165, 1.54) is 0 Å². The minimum Gasteiger partial charge on any atom is -0.495 e. The van der Waals surface area contributed by atoms with Gasteiger partial charge in [0.1, 0.15) is 5.75 Å². The molecule has 0 aliphatic rings. The summed E-state index contributed by atoms with van der Waals surface area (Å²) in [5.41, 5.74) is 8.69. The van der Waals surface area contributed by atoms with Crippen molar-refractivity contribution in [3.63, 3.8) is 0 Å². The molecule has 0 radical (unpaired) electrons. The number of nitrogen functional groups attached to an aromatic ring is 1. The monoisotopic (exact) mass is 354 g/mol. The zero-order chi connectivity index (χ0) is 13.1. The number of halogens is 1. The zero-order valence-electron chi connectivity index (χ0n) is 10.4. The Kier molecular flexibility index (Phi) is 3.96. The molecule has 0 aliphatic heterocycles. The number of benzene rings is 2. The molecule has 0 fully saturated rings. The van der Waals surface area contributed by atoms with Gasteiger partial charge in [0.25, 0.3) is 0 Å². The summed E-state index contributed by atoms with van der Waals surface area (Å²) >= 11 is 2.29. The van der Waals surface area contributed by atoms with Gasteiger partial charge in [-0.2, -0.15) is 0 Å². The molecule has 0 spiro atoms. The van der Waals surface area contributed by atoms with E-state index in [4.69, 9.17) is 10.5 Å². The second-order valence-electron chi connectivity index (χ2n) is 3.94. The van der Waals surface area contributed by atoms with Crippen molar-refractivity contribution < 1.29 is 4.74 Å². The van der Waals surface area contributed by atoms with Gasteiger partial charge in [-0.05, 0) is 52.9 Å². The number of para-hydroxylation sites is 2. The van der Waals surface area contributed by atoms with E-state index in [1.807, 2.05) is 49.5 Å². The lowest BCUT2D eigenvalue weighted by Gasteiger charge is -2.23. The van der Waals surface area contributed by atoms with Crippen LogP contribution in [0.4, 0.5) is 17.1 Å². The van der Waals surface area contributed by atoms with Crippen LogP contribution in [0.5, 0.6) is 5.75 Å². The van der Waals surface area contributed by atoms with Gasteiger partial charge in [0, 0.05) is 16.3 Å². The Balaban J connectivity index is 2.44. The predicted molar refractivity (Wildman–Crippen MR) is 84.6 cm³/mol. The molecule has 4 heteroatoms. The fraction of sp³-hybridized carbons (Fsp3) is 0.143. The van der Waals surface area contributed by atoms with Crippen molar-refractivity contribution in [2.45, 2.75) is 0 Å². The second kappa shape index (κ2) is 5.48. The maximum absolute atomic E-state index is 5.77. The Hall–Kier alpha value is -1.43. The van der Waals surface area contributed by atoms with Crippen LogP contribution in [0.3, 0.4) is 0 Å². The van der Waals surface area contributed by atoms with E-state index >= 15 is 0 Å². The lowest BCUT2D eigenvalue weighted by atomic mass is 10.2. The van der Waals surface area contributed by atoms with Crippen LogP contribution in [0.15, 0.2) is 42.5 Å². The number of hydrogen-bond acceptors (Lipinski definition) is 3. The topological polar surface area (TPSA) is 38.5 Å². The highest BCUT2D eigenvalue weighted by Gasteiger charge is 2.11. The summed E-state index contributed by atoms with van der Waals surface area (Å²) in [6, 6.07) is 13.8. The SMILES string of the molecule is COc1ccccc1N(C)c1ccc(N)cc1I. The third kappa shape index (κ3) is 2.53. The van der Waals surface area contributed by atoms with Gasteiger partial charge in [-0.15, -0.1) is 0 Å². The average molecular weight is 354 g/mol. The summed E-state index contributed by atoms with van der Waals surface area (Å²) < 4.78 is 6.49. The third-order valence-electron chi connectivity index (χ3n) is 2.78. The van der Waals surface area contributed by atoms with E-state index in [2.05, 4.69) is 27.5 Å². The maximum Gasteiger partial charge on any atom is 0.142 e. The molecule has 0 atom stereocenters. The molecule has 0 aliphatic carbocycles. The average Bonchev–Trinajstić information content (AvgIpc) is 2.38. The minimum absolute atomic E-state index is 0.775. The van der Waals surface area contributed by atoms with Gasteiger partial charge in [0.15, 0.2) is 0 Å². The van der Waals surface area contributed by atoms with Gasteiger partial charge in [-0.1, -0.05) is 12.1 Å². The second-order valence-corrected chi connectivity index (χ2v) is 5.10. The normalized spacial score (nSPS) is 10.2. The zero-order valence-corrected chi connectivity index (χ0v) is 12.5. The standard InChI is InChI=1S/C14H15IN2O/c1-17(12-8-7-10(16)9-11(12)15)13-5-3-4-6-14(13)18-2/h3-9H,16H2,1-2H3. The number of anilines is 3. The van der Waals surface area contributed by atoms with Crippen LogP contribution in [-0.4, -0.2) is 14.2 Å². The van der Waals surface area contributed by atoms with E-state index in [-0.39, 0.29) is 0 Å². The van der Waals surface area contributed by atoms with Crippen molar-refractivity contribution in [3.8, 4) is 5.75 Å². The molecule has 2 N–H and O–H groups in total. The molecule has 2 aromatic rings. The highest BCUT2D eigenvalue weighted by Crippen LogP contribution is 2.34. The summed E-state index contributed by atoms with van der Waals surface area (Å²) in [7, 11) is 3.70. The first-order valence-electron chi connectivity index (χ1n) is 5.55. The highest BCUT2D eigenvalue weighted by atomic mass is 127. The smallest absolute Gasteiger partial charge is 0.142 e. The summed E-state index contributed by atoms with van der Waals surface area (Å²) in [5.74, 6) is 0.854. The van der Waals surface area contributed by atoms with E-state index in [0.29, 0.717) is 0 Å². The first kappa shape index (κ1) is 13.0. The quantitative estimate of drug-likeness (QED) is 0.676. The van der Waals surface area contributed by atoms with E-state index in [1.54, 1.807) is 7.11 Å². The van der Waals surface area contributed by atoms with Crippen molar-refractivity contribution in [1.29, 1.82) is 0 Å². The van der Waals surface area contributed by atoms with E-state index in [0.717, 1.165) is 26.4 Å². The Labute approximate surface area is 121 Å². The summed E-state index contributed by atoms with van der Waals surface area (Å²) in [4.78, 5) is 2.10. The van der Waals surface area contributed by atoms with Crippen LogP contribution < -0.4 is 15.4 Å². The highest BCUT2D eigenvalue weighted by molar-refractivity contribution is 14.1. The fourth-order valence-corrected chi connectivity index (χ4v) is 2.73. The maximum atomic E-state index is 5.77. The largest absolute Gasteiger partial charge is 0.495 e. The summed E-state index contributed by atoms with van der Waals surface area (Å²) in [6.45, 7) is 0. The molecule has 0 saturated heterocycles. The molecule has 0 bridgehead atoms. The van der Waals surface area contributed by atoms with Gasteiger partial charge in [0.2, 0.25) is 0 Å². The van der Waals surface area contributed by atoms with Gasteiger partial charge in [-0.25, -0.2) is 0 Å². The van der Waals surface area contributed by atoms with Crippen molar-refractivity contribution in [2.75, 3.05) is 24.8 Å². The fourth-order valence-electron chi connectivity index (χ4n) is 1.83. The molecule has 0 unspecified atom stereocenters. The van der Waals surface area contributed by atoms with E-state index in [9.17, 15) is 0 Å². The molecular formula is C14H15IN2O. The lowest BCUT2D eigenvalue weighted by molar-refractivity contribution is 0.415. The molecule has 3 nitrogen and oxygen atoms in total. The molecule has 0 amide bonds. The molecule has 94 valence electrons. The number of nitrogens with zero attached hydrogens (tertiary/aromatic N) is 1. The van der Waals surface area contributed by atoms with Crippen molar-refractivity contribution >= 4 is 39.7 Å². The van der Waals surface area contributed by atoms with Gasteiger partial charge < -0.3 is 15.4 Å². The van der Waals surface area contributed by atoms with Crippen LogP contribution in [-0.2, 0) is 0 Å². The number of ether oxygens (including phenoxy) is 1. The van der Waals surface area contributed by atoms with Gasteiger partial charge in [-0.3, -0.25) is 0 Å². The third-order valence-corrected chi connectivity index (χ3v) is 3.64. The molecule has 2 rings (SSSR count). The molecule has 18 heavy (non-hydrogen) atoms. The van der Waals surface area contributed by atoms with Crippen LogP contribution in [0.25, 0.3) is 0 Å². The number of nitrogens with two attached hydrogens (primary N) is 1.